The van der Waals surface area contributed by atoms with Gasteiger partial charge in [-0.1, -0.05) is 76.4 Å². The molecule has 0 aliphatic heterocycles. The zero-order valence-corrected chi connectivity index (χ0v) is 26.7. The standard InChI is InChI=1S/C22H36O4.C12H12N2OS/c1-5-8-19(10-6-9-18(2)3)22(23)20-11-7-12-21(17-20)26-16-15-25-14-13-24-4;1-9-12(16-8-14-9)11-4-2-10(3-5-11)6-13-7-15/h7,11-12,17-19H,5-6,8-10,13-16H2,1-4H3;2-5,7-8H,6H2,1H3,(H,13,15). The van der Waals surface area contributed by atoms with Crippen molar-refractivity contribution in [3.05, 3.63) is 70.9 Å². The largest absolute Gasteiger partial charge is 0.491 e. The number of hydrogen-bond donors (Lipinski definition) is 1. The number of hydrogen-bond acceptors (Lipinski definition) is 7. The van der Waals surface area contributed by atoms with E-state index in [4.69, 9.17) is 14.2 Å². The molecule has 1 aromatic heterocycles. The summed E-state index contributed by atoms with van der Waals surface area (Å²) in [7, 11) is 1.65. The molecule has 0 aliphatic carbocycles. The van der Waals surface area contributed by atoms with E-state index in [2.05, 4.69) is 43.2 Å². The Labute approximate surface area is 256 Å². The number of aryl methyl sites for hydroxylation is 1. The van der Waals surface area contributed by atoms with Crippen molar-refractivity contribution < 1.29 is 23.8 Å². The van der Waals surface area contributed by atoms with E-state index >= 15 is 0 Å². The Morgan fingerprint density at radius 3 is 2.43 bits per heavy atom. The van der Waals surface area contributed by atoms with Crippen LogP contribution >= 0.6 is 11.3 Å². The Morgan fingerprint density at radius 2 is 1.79 bits per heavy atom. The SMILES string of the molecule is CCCC(CCCC(C)C)C(=O)c1cccc(OCCOCCOC)c1.Cc1ncsc1-c1ccc(CNC=O)cc1. The molecule has 3 aromatic rings. The van der Waals surface area contributed by atoms with Gasteiger partial charge in [-0.3, -0.25) is 9.59 Å². The van der Waals surface area contributed by atoms with E-state index in [-0.39, 0.29) is 11.7 Å². The number of amides is 1. The first-order chi connectivity index (χ1) is 20.4. The van der Waals surface area contributed by atoms with Crippen molar-refractivity contribution in [3.63, 3.8) is 0 Å². The lowest BCUT2D eigenvalue weighted by atomic mass is 9.88. The minimum Gasteiger partial charge on any atom is -0.491 e. The third-order valence-electron chi connectivity index (χ3n) is 6.74. The Balaban J connectivity index is 0.000000327. The van der Waals surface area contributed by atoms with E-state index < -0.39 is 0 Å². The number of aromatic nitrogens is 1. The summed E-state index contributed by atoms with van der Waals surface area (Å²) in [5.74, 6) is 1.78. The minimum absolute atomic E-state index is 0.117. The summed E-state index contributed by atoms with van der Waals surface area (Å²) in [6.07, 6.45) is 5.97. The van der Waals surface area contributed by atoms with Gasteiger partial charge in [-0.2, -0.15) is 0 Å². The first-order valence-electron chi connectivity index (χ1n) is 14.9. The summed E-state index contributed by atoms with van der Waals surface area (Å²) in [4.78, 5) is 28.5. The van der Waals surface area contributed by atoms with Crippen LogP contribution in [-0.4, -0.2) is 50.7 Å². The number of nitrogens with one attached hydrogen (secondary N) is 1. The highest BCUT2D eigenvalue weighted by molar-refractivity contribution is 7.13. The zero-order chi connectivity index (χ0) is 30.6. The number of carbonyl (C=O) groups is 2. The van der Waals surface area contributed by atoms with Gasteiger partial charge in [0.05, 0.1) is 35.9 Å². The fourth-order valence-corrected chi connectivity index (χ4v) is 5.29. The van der Waals surface area contributed by atoms with Gasteiger partial charge in [0.1, 0.15) is 12.4 Å². The number of thiazole rings is 1. The molecule has 3 rings (SSSR count). The van der Waals surface area contributed by atoms with Crippen molar-refractivity contribution in [3.8, 4) is 16.2 Å². The van der Waals surface area contributed by atoms with Crippen molar-refractivity contribution in [1.29, 1.82) is 0 Å². The third kappa shape index (κ3) is 13.3. The van der Waals surface area contributed by atoms with Gasteiger partial charge in [-0.15, -0.1) is 11.3 Å². The molecule has 230 valence electrons. The van der Waals surface area contributed by atoms with Crippen LogP contribution in [0, 0.1) is 18.8 Å². The van der Waals surface area contributed by atoms with Gasteiger partial charge >= 0.3 is 0 Å². The fraction of sp³-hybridized carbons (Fsp3) is 0.500. The molecule has 42 heavy (non-hydrogen) atoms. The van der Waals surface area contributed by atoms with Crippen molar-refractivity contribution in [2.45, 2.75) is 66.3 Å². The molecule has 1 N–H and O–H groups in total. The zero-order valence-electron chi connectivity index (χ0n) is 25.9. The molecule has 1 heterocycles. The van der Waals surface area contributed by atoms with E-state index in [1.165, 1.54) is 16.9 Å². The van der Waals surface area contributed by atoms with Crippen LogP contribution in [0.2, 0.25) is 0 Å². The predicted octanol–water partition coefficient (Wildman–Crippen LogP) is 7.52. The van der Waals surface area contributed by atoms with Crippen molar-refractivity contribution in [1.82, 2.24) is 10.3 Å². The molecular formula is C34H48N2O5S. The maximum Gasteiger partial charge on any atom is 0.207 e. The Kier molecular flexibility index (Phi) is 17.4. The average Bonchev–Trinajstić information content (AvgIpc) is 3.43. The first kappa shape index (κ1) is 35.1. The minimum atomic E-state index is 0.117. The van der Waals surface area contributed by atoms with Crippen LogP contribution in [0.5, 0.6) is 5.75 Å². The lowest BCUT2D eigenvalue weighted by Crippen LogP contribution is -2.15. The van der Waals surface area contributed by atoms with Gasteiger partial charge < -0.3 is 19.5 Å². The number of ketones is 1. The summed E-state index contributed by atoms with van der Waals surface area (Å²) in [6.45, 7) is 11.3. The number of carbonyl (C=O) groups excluding carboxylic acids is 2. The fourth-order valence-electron chi connectivity index (χ4n) is 4.48. The van der Waals surface area contributed by atoms with Crippen LogP contribution in [-0.2, 0) is 20.8 Å². The smallest absolute Gasteiger partial charge is 0.207 e. The van der Waals surface area contributed by atoms with Gasteiger partial charge in [0.25, 0.3) is 0 Å². The number of nitrogens with zero attached hydrogens (tertiary/aromatic N) is 1. The lowest BCUT2D eigenvalue weighted by Gasteiger charge is -2.16. The van der Waals surface area contributed by atoms with Crippen LogP contribution in [0.25, 0.3) is 10.4 Å². The normalized spacial score (nSPS) is 11.5. The summed E-state index contributed by atoms with van der Waals surface area (Å²) < 4.78 is 16.0. The Morgan fingerprint density at radius 1 is 1.02 bits per heavy atom. The number of rotatable bonds is 19. The van der Waals surface area contributed by atoms with E-state index in [9.17, 15) is 9.59 Å². The van der Waals surface area contributed by atoms with Crippen LogP contribution in [0.4, 0.5) is 0 Å². The van der Waals surface area contributed by atoms with E-state index in [1.54, 1.807) is 18.4 Å². The highest BCUT2D eigenvalue weighted by atomic mass is 32.1. The summed E-state index contributed by atoms with van der Waals surface area (Å²) >= 11 is 1.64. The maximum absolute atomic E-state index is 12.9. The Bertz CT molecular complexity index is 1160. The summed E-state index contributed by atoms with van der Waals surface area (Å²) in [6, 6.07) is 15.7. The van der Waals surface area contributed by atoms with Crippen LogP contribution < -0.4 is 10.1 Å². The highest BCUT2D eigenvalue weighted by Gasteiger charge is 2.19. The third-order valence-corrected chi connectivity index (χ3v) is 7.72. The molecule has 1 amide bonds. The molecule has 7 nitrogen and oxygen atoms in total. The predicted molar refractivity (Wildman–Crippen MR) is 171 cm³/mol. The molecule has 0 fully saturated rings. The average molecular weight is 597 g/mol. The summed E-state index contributed by atoms with van der Waals surface area (Å²) in [5, 5.41) is 2.64. The van der Waals surface area contributed by atoms with Crippen molar-refractivity contribution >= 4 is 23.5 Å². The molecule has 2 aromatic carbocycles. The van der Waals surface area contributed by atoms with Crippen molar-refractivity contribution in [2.75, 3.05) is 33.5 Å². The van der Waals surface area contributed by atoms with Crippen LogP contribution in [0.3, 0.4) is 0 Å². The Hall–Kier alpha value is -3.07. The second kappa shape index (κ2) is 20.8. The van der Waals surface area contributed by atoms with Gasteiger partial charge in [-0.05, 0) is 48.9 Å². The number of Topliss-reactive ketones (excluding diaryl/α,β-unsaturated/α-hetero) is 1. The second-order valence-electron chi connectivity index (χ2n) is 10.6. The second-order valence-corrected chi connectivity index (χ2v) is 11.5. The molecular weight excluding hydrogens is 548 g/mol. The highest BCUT2D eigenvalue weighted by Crippen LogP contribution is 2.27. The van der Waals surface area contributed by atoms with Gasteiger partial charge in [0, 0.05) is 25.1 Å². The molecule has 1 atom stereocenters. The topological polar surface area (TPSA) is 86.8 Å². The molecule has 0 aliphatic rings. The monoisotopic (exact) mass is 596 g/mol. The summed E-state index contributed by atoms with van der Waals surface area (Å²) in [5.41, 5.74) is 5.94. The molecule has 1 unspecified atom stereocenters. The first-order valence-corrected chi connectivity index (χ1v) is 15.8. The lowest BCUT2D eigenvalue weighted by molar-refractivity contribution is -0.109. The van der Waals surface area contributed by atoms with E-state index in [1.807, 2.05) is 48.8 Å². The molecule has 0 radical (unpaired) electrons. The quantitative estimate of drug-likeness (QED) is 0.0875. The number of methoxy groups -OCH3 is 1. The van der Waals surface area contributed by atoms with Gasteiger partial charge in [0.2, 0.25) is 6.41 Å². The van der Waals surface area contributed by atoms with Crippen LogP contribution in [0.1, 0.15) is 74.5 Å². The number of ether oxygens (including phenoxy) is 3. The van der Waals surface area contributed by atoms with Gasteiger partial charge in [-0.25, -0.2) is 4.98 Å². The molecule has 0 saturated heterocycles. The van der Waals surface area contributed by atoms with Crippen molar-refractivity contribution in [2.24, 2.45) is 11.8 Å². The van der Waals surface area contributed by atoms with Gasteiger partial charge in [0.15, 0.2) is 5.78 Å². The maximum atomic E-state index is 12.9. The molecule has 0 spiro atoms. The molecule has 8 heteroatoms. The molecule has 0 bridgehead atoms. The van der Waals surface area contributed by atoms with E-state index in [0.717, 1.165) is 48.3 Å². The molecule has 0 saturated carbocycles. The van der Waals surface area contributed by atoms with Crippen LogP contribution in [0.15, 0.2) is 54.0 Å². The van der Waals surface area contributed by atoms with E-state index in [0.29, 0.717) is 45.3 Å². The number of benzene rings is 2.